The van der Waals surface area contributed by atoms with Gasteiger partial charge in [0, 0.05) is 11.8 Å². The van der Waals surface area contributed by atoms with E-state index in [1.54, 1.807) is 18.2 Å². The molecule has 0 radical (unpaired) electrons. The second kappa shape index (κ2) is 7.52. The molecule has 0 aliphatic carbocycles. The number of carbonyl (C=O) groups excluding carboxylic acids is 1. The molecular weight excluding hydrogens is 367 g/mol. The summed E-state index contributed by atoms with van der Waals surface area (Å²) in [7, 11) is 0. The van der Waals surface area contributed by atoms with Gasteiger partial charge in [-0.05, 0) is 35.5 Å². The van der Waals surface area contributed by atoms with Crippen molar-refractivity contribution in [2.45, 2.75) is 6.18 Å². The lowest BCUT2D eigenvalue weighted by molar-refractivity contribution is -0.137. The van der Waals surface area contributed by atoms with Crippen LogP contribution >= 0.6 is 0 Å². The second-order valence-electron chi connectivity index (χ2n) is 5.58. The smallest absolute Gasteiger partial charge is 0.416 e. The molecule has 1 aliphatic heterocycles. The minimum atomic E-state index is -4.59. The Morgan fingerprint density at radius 1 is 1.07 bits per heavy atom. The summed E-state index contributed by atoms with van der Waals surface area (Å²) in [5, 5.41) is 7.79. The van der Waals surface area contributed by atoms with Gasteiger partial charge in [-0.15, -0.1) is 4.91 Å². The van der Waals surface area contributed by atoms with Gasteiger partial charge in [0.2, 0.25) is 5.91 Å². The Labute approximate surface area is 151 Å². The number of hydrogen-bond donors (Lipinski definition) is 2. The van der Waals surface area contributed by atoms with Crippen molar-refractivity contribution >= 4 is 23.0 Å². The number of hydrogen-bond acceptors (Lipinski definition) is 6. The van der Waals surface area contributed by atoms with Crippen molar-refractivity contribution in [1.82, 2.24) is 0 Å². The maximum absolute atomic E-state index is 12.7. The first-order valence-corrected chi connectivity index (χ1v) is 7.85. The highest BCUT2D eigenvalue weighted by atomic mass is 19.4. The van der Waals surface area contributed by atoms with Gasteiger partial charge in [0.15, 0.2) is 11.5 Å². The number of benzene rings is 2. The lowest BCUT2D eigenvalue weighted by atomic mass is 10.1. The van der Waals surface area contributed by atoms with Gasteiger partial charge in [0.25, 0.3) is 0 Å². The Balaban J connectivity index is 1.63. The van der Waals surface area contributed by atoms with Crippen LogP contribution < -0.4 is 20.1 Å². The van der Waals surface area contributed by atoms with E-state index in [9.17, 15) is 22.9 Å². The topological polar surface area (TPSA) is 89.0 Å². The van der Waals surface area contributed by atoms with E-state index in [0.717, 1.165) is 12.1 Å². The minimum Gasteiger partial charge on any atom is -0.486 e. The summed E-state index contributed by atoms with van der Waals surface area (Å²) in [6.45, 7) is 0.576. The fraction of sp³-hybridized carbons (Fsp3) is 0.235. The van der Waals surface area contributed by atoms with E-state index in [0.29, 0.717) is 36.5 Å². The number of nitrogens with one attached hydrogen (secondary N) is 2. The van der Waals surface area contributed by atoms with Crippen LogP contribution in [0.5, 0.6) is 11.5 Å². The van der Waals surface area contributed by atoms with E-state index in [-0.39, 0.29) is 12.2 Å². The number of anilines is 2. The number of alkyl halides is 3. The average Bonchev–Trinajstić information content (AvgIpc) is 2.65. The summed E-state index contributed by atoms with van der Waals surface area (Å²) in [5.41, 5.74) is -0.942. The van der Waals surface area contributed by atoms with Gasteiger partial charge in [0.1, 0.15) is 18.9 Å². The van der Waals surface area contributed by atoms with Gasteiger partial charge in [-0.1, -0.05) is 0 Å². The van der Waals surface area contributed by atoms with Crippen molar-refractivity contribution in [2.75, 3.05) is 30.4 Å². The van der Waals surface area contributed by atoms with Crippen LogP contribution in [0.3, 0.4) is 0 Å². The van der Waals surface area contributed by atoms with Crippen LogP contribution in [0.1, 0.15) is 5.56 Å². The van der Waals surface area contributed by atoms with E-state index in [1.165, 1.54) is 0 Å². The zero-order valence-corrected chi connectivity index (χ0v) is 13.8. The Morgan fingerprint density at radius 3 is 2.52 bits per heavy atom. The molecule has 0 spiro atoms. The standard InChI is InChI=1S/C17H14F3N3O4/c18-17(19,20)10-1-3-12(13(7-10)23-25)21-9-16(24)22-11-2-4-14-15(8-11)27-6-5-26-14/h1-4,7-8,21H,5-6,9H2,(H,22,24). The third-order valence-corrected chi connectivity index (χ3v) is 3.69. The second-order valence-corrected chi connectivity index (χ2v) is 5.58. The predicted octanol–water partition coefficient (Wildman–Crippen LogP) is 3.93. The Hall–Kier alpha value is -3.30. The van der Waals surface area contributed by atoms with Crippen LogP contribution in [0.15, 0.2) is 41.6 Å². The fourth-order valence-electron chi connectivity index (χ4n) is 2.43. The molecule has 0 bridgehead atoms. The van der Waals surface area contributed by atoms with Crippen LogP contribution in [-0.2, 0) is 11.0 Å². The lowest BCUT2D eigenvalue weighted by Gasteiger charge is -2.19. The molecule has 0 fully saturated rings. The molecule has 0 saturated carbocycles. The quantitative estimate of drug-likeness (QED) is 0.767. The van der Waals surface area contributed by atoms with Crippen LogP contribution in [0.2, 0.25) is 0 Å². The Bertz CT molecular complexity index is 871. The molecule has 2 aromatic carbocycles. The highest BCUT2D eigenvalue weighted by molar-refractivity contribution is 5.94. The van der Waals surface area contributed by atoms with E-state index < -0.39 is 23.3 Å². The molecule has 2 aromatic rings. The van der Waals surface area contributed by atoms with Crippen molar-refractivity contribution < 1.29 is 27.4 Å². The lowest BCUT2D eigenvalue weighted by Crippen LogP contribution is -2.22. The number of nitrogens with zero attached hydrogens (tertiary/aromatic N) is 1. The maximum atomic E-state index is 12.7. The number of amides is 1. The van der Waals surface area contributed by atoms with E-state index in [1.807, 2.05) is 0 Å². The van der Waals surface area contributed by atoms with Crippen molar-refractivity contribution in [1.29, 1.82) is 0 Å². The van der Waals surface area contributed by atoms with Crippen molar-refractivity contribution in [3.8, 4) is 11.5 Å². The number of nitroso groups, excluding NO2 is 1. The molecule has 1 aliphatic rings. The molecule has 1 amide bonds. The first-order valence-electron chi connectivity index (χ1n) is 7.85. The number of carbonyl (C=O) groups is 1. The number of rotatable bonds is 5. The normalized spacial score (nSPS) is 13.0. The molecule has 10 heteroatoms. The van der Waals surface area contributed by atoms with E-state index >= 15 is 0 Å². The van der Waals surface area contributed by atoms with Gasteiger partial charge in [0.05, 0.1) is 17.8 Å². The van der Waals surface area contributed by atoms with Crippen LogP contribution in [-0.4, -0.2) is 25.7 Å². The highest BCUT2D eigenvalue weighted by Crippen LogP contribution is 2.35. The van der Waals surface area contributed by atoms with E-state index in [4.69, 9.17) is 9.47 Å². The molecule has 0 aromatic heterocycles. The fourth-order valence-corrected chi connectivity index (χ4v) is 2.43. The molecular formula is C17H14F3N3O4. The molecule has 1 heterocycles. The van der Waals surface area contributed by atoms with Crippen LogP contribution in [0, 0.1) is 4.91 Å². The van der Waals surface area contributed by atoms with Crippen LogP contribution in [0.25, 0.3) is 0 Å². The highest BCUT2D eigenvalue weighted by Gasteiger charge is 2.31. The van der Waals surface area contributed by atoms with Gasteiger partial charge >= 0.3 is 6.18 Å². The monoisotopic (exact) mass is 381 g/mol. The summed E-state index contributed by atoms with van der Waals surface area (Å²) in [6, 6.07) is 7.35. The Morgan fingerprint density at radius 2 is 1.81 bits per heavy atom. The van der Waals surface area contributed by atoms with Gasteiger partial charge in [-0.2, -0.15) is 13.2 Å². The summed E-state index contributed by atoms with van der Waals surface area (Å²) in [5.74, 6) is 0.606. The van der Waals surface area contributed by atoms with Crippen molar-refractivity contribution in [3.63, 3.8) is 0 Å². The first kappa shape index (κ1) is 18.5. The molecule has 3 rings (SSSR count). The van der Waals surface area contributed by atoms with Crippen molar-refractivity contribution in [3.05, 3.63) is 46.9 Å². The maximum Gasteiger partial charge on any atom is 0.416 e. The molecule has 0 unspecified atom stereocenters. The third-order valence-electron chi connectivity index (χ3n) is 3.69. The minimum absolute atomic E-state index is 0.0234. The number of fused-ring (bicyclic) bond motifs is 1. The van der Waals surface area contributed by atoms with Gasteiger partial charge in [-0.3, -0.25) is 4.79 Å². The number of ether oxygens (including phenoxy) is 2. The van der Waals surface area contributed by atoms with Gasteiger partial charge < -0.3 is 20.1 Å². The molecule has 2 N–H and O–H groups in total. The zero-order chi connectivity index (χ0) is 19.4. The zero-order valence-electron chi connectivity index (χ0n) is 13.8. The summed E-state index contributed by atoms with van der Waals surface area (Å²) >= 11 is 0. The summed E-state index contributed by atoms with van der Waals surface area (Å²) in [4.78, 5) is 22.8. The Kier molecular flexibility index (Phi) is 5.15. The number of halogens is 3. The molecule has 0 atom stereocenters. The third kappa shape index (κ3) is 4.46. The summed E-state index contributed by atoms with van der Waals surface area (Å²) < 4.78 is 48.8. The predicted molar refractivity (Wildman–Crippen MR) is 91.5 cm³/mol. The molecule has 27 heavy (non-hydrogen) atoms. The van der Waals surface area contributed by atoms with Crippen LogP contribution in [0.4, 0.5) is 30.2 Å². The van der Waals surface area contributed by atoms with Crippen molar-refractivity contribution in [2.24, 2.45) is 5.18 Å². The van der Waals surface area contributed by atoms with E-state index in [2.05, 4.69) is 15.8 Å². The SMILES string of the molecule is O=Nc1cc(C(F)(F)F)ccc1NCC(=O)Nc1ccc2c(c1)OCCO2. The molecule has 0 saturated heterocycles. The average molecular weight is 381 g/mol. The molecule has 142 valence electrons. The molecule has 7 nitrogen and oxygen atoms in total. The van der Waals surface area contributed by atoms with Gasteiger partial charge in [-0.25, -0.2) is 0 Å². The first-order chi connectivity index (χ1) is 12.9. The summed E-state index contributed by atoms with van der Waals surface area (Å²) in [6.07, 6.45) is -4.59. The largest absolute Gasteiger partial charge is 0.486 e.